The van der Waals surface area contributed by atoms with Crippen molar-refractivity contribution in [2.24, 2.45) is 4.99 Å². The monoisotopic (exact) mass is 309 g/mol. The van der Waals surface area contributed by atoms with E-state index in [4.69, 9.17) is 14.2 Å². The van der Waals surface area contributed by atoms with Crippen molar-refractivity contribution in [3.8, 4) is 11.5 Å². The summed E-state index contributed by atoms with van der Waals surface area (Å²) >= 11 is 0. The van der Waals surface area contributed by atoms with Crippen LogP contribution in [0.1, 0.15) is 12.5 Å². The van der Waals surface area contributed by atoms with Gasteiger partial charge in [-0.15, -0.1) is 0 Å². The first kappa shape index (κ1) is 18.1. The highest BCUT2D eigenvalue weighted by molar-refractivity contribution is 5.79. The van der Waals surface area contributed by atoms with Crippen LogP contribution in [0.25, 0.3) is 0 Å². The van der Waals surface area contributed by atoms with Crippen LogP contribution in [0.4, 0.5) is 0 Å². The highest BCUT2D eigenvalue weighted by Gasteiger charge is 2.11. The lowest BCUT2D eigenvalue weighted by atomic mass is 10.2. The van der Waals surface area contributed by atoms with Gasteiger partial charge in [0.05, 0.1) is 27.4 Å². The molecule has 0 radical (unpaired) electrons. The van der Waals surface area contributed by atoms with Gasteiger partial charge in [0.1, 0.15) is 11.5 Å². The van der Waals surface area contributed by atoms with Gasteiger partial charge >= 0.3 is 0 Å². The van der Waals surface area contributed by atoms with E-state index in [-0.39, 0.29) is 0 Å². The largest absolute Gasteiger partial charge is 0.497 e. The Kier molecular flexibility index (Phi) is 8.14. The molecule has 6 heteroatoms. The SMILES string of the molecule is CCNC(=NCCOC)N(C)Cc1ccc(OC)cc1OC. The van der Waals surface area contributed by atoms with Crippen LogP contribution in [0.15, 0.2) is 23.2 Å². The molecule has 124 valence electrons. The van der Waals surface area contributed by atoms with Crippen molar-refractivity contribution in [3.05, 3.63) is 23.8 Å². The van der Waals surface area contributed by atoms with Crippen molar-refractivity contribution >= 4 is 5.96 Å². The molecule has 0 bridgehead atoms. The van der Waals surface area contributed by atoms with Gasteiger partial charge in [-0.3, -0.25) is 4.99 Å². The smallest absolute Gasteiger partial charge is 0.194 e. The summed E-state index contributed by atoms with van der Waals surface area (Å²) in [5, 5.41) is 3.28. The first-order chi connectivity index (χ1) is 10.7. The van der Waals surface area contributed by atoms with E-state index >= 15 is 0 Å². The molecule has 1 aromatic rings. The Hall–Kier alpha value is -1.95. The Morgan fingerprint density at radius 2 is 2.00 bits per heavy atom. The Morgan fingerprint density at radius 3 is 2.59 bits per heavy atom. The molecule has 0 aliphatic carbocycles. The van der Waals surface area contributed by atoms with Crippen molar-refractivity contribution in [2.75, 3.05) is 48.1 Å². The summed E-state index contributed by atoms with van der Waals surface area (Å²) in [4.78, 5) is 6.59. The van der Waals surface area contributed by atoms with Gasteiger partial charge in [-0.25, -0.2) is 0 Å². The van der Waals surface area contributed by atoms with E-state index in [0.717, 1.165) is 29.6 Å². The molecule has 0 fully saturated rings. The van der Waals surface area contributed by atoms with Gasteiger partial charge < -0.3 is 24.4 Å². The van der Waals surface area contributed by atoms with Gasteiger partial charge in [-0.2, -0.15) is 0 Å². The molecular weight excluding hydrogens is 282 g/mol. The molecule has 0 saturated carbocycles. The number of benzene rings is 1. The molecular formula is C16H27N3O3. The Labute approximate surface area is 133 Å². The van der Waals surface area contributed by atoms with Gasteiger partial charge in [0.2, 0.25) is 0 Å². The fourth-order valence-corrected chi connectivity index (χ4v) is 2.03. The Bertz CT molecular complexity index is 478. The summed E-state index contributed by atoms with van der Waals surface area (Å²) in [5.41, 5.74) is 1.07. The molecule has 1 aromatic carbocycles. The van der Waals surface area contributed by atoms with Gasteiger partial charge in [-0.05, 0) is 19.1 Å². The molecule has 0 amide bonds. The van der Waals surface area contributed by atoms with Crippen LogP contribution in [-0.4, -0.2) is 58.9 Å². The fourth-order valence-electron chi connectivity index (χ4n) is 2.03. The van der Waals surface area contributed by atoms with Crippen LogP contribution in [0.3, 0.4) is 0 Å². The highest BCUT2D eigenvalue weighted by atomic mass is 16.5. The first-order valence-corrected chi connectivity index (χ1v) is 7.35. The zero-order chi connectivity index (χ0) is 16.4. The van der Waals surface area contributed by atoms with Crippen LogP contribution in [0, 0.1) is 0 Å². The number of rotatable bonds is 8. The quantitative estimate of drug-likeness (QED) is 0.450. The minimum Gasteiger partial charge on any atom is -0.497 e. The Balaban J connectivity index is 2.83. The number of hydrogen-bond donors (Lipinski definition) is 1. The summed E-state index contributed by atoms with van der Waals surface area (Å²) < 4.78 is 15.7. The zero-order valence-electron chi connectivity index (χ0n) is 14.2. The molecule has 0 aliphatic heterocycles. The van der Waals surface area contributed by atoms with Crippen molar-refractivity contribution in [2.45, 2.75) is 13.5 Å². The van der Waals surface area contributed by atoms with Crippen molar-refractivity contribution in [1.29, 1.82) is 0 Å². The summed E-state index contributed by atoms with van der Waals surface area (Å²) in [6, 6.07) is 5.83. The van der Waals surface area contributed by atoms with Crippen LogP contribution >= 0.6 is 0 Å². The lowest BCUT2D eigenvalue weighted by molar-refractivity contribution is 0.207. The molecule has 0 atom stereocenters. The first-order valence-electron chi connectivity index (χ1n) is 7.35. The average Bonchev–Trinajstić information content (AvgIpc) is 2.54. The molecule has 22 heavy (non-hydrogen) atoms. The number of aliphatic imine (C=N–C) groups is 1. The van der Waals surface area contributed by atoms with E-state index in [1.807, 2.05) is 32.2 Å². The van der Waals surface area contributed by atoms with E-state index in [2.05, 4.69) is 15.2 Å². The standard InChI is InChI=1S/C16H27N3O3/c1-6-17-16(18-9-10-20-3)19(2)12-13-7-8-14(21-4)11-15(13)22-5/h7-8,11H,6,9-10,12H2,1-5H3,(H,17,18). The number of ether oxygens (including phenoxy) is 3. The minimum absolute atomic E-state index is 0.606. The second kappa shape index (κ2) is 9.89. The van der Waals surface area contributed by atoms with E-state index in [9.17, 15) is 0 Å². The van der Waals surface area contributed by atoms with Gasteiger partial charge in [-0.1, -0.05) is 0 Å². The number of methoxy groups -OCH3 is 3. The van der Waals surface area contributed by atoms with Gasteiger partial charge in [0.15, 0.2) is 5.96 Å². The molecule has 0 aromatic heterocycles. The molecule has 0 heterocycles. The molecule has 0 spiro atoms. The van der Waals surface area contributed by atoms with E-state index < -0.39 is 0 Å². The lowest BCUT2D eigenvalue weighted by Gasteiger charge is -2.23. The average molecular weight is 309 g/mol. The molecule has 0 saturated heterocycles. The lowest BCUT2D eigenvalue weighted by Crippen LogP contribution is -2.38. The van der Waals surface area contributed by atoms with Crippen LogP contribution in [0.5, 0.6) is 11.5 Å². The summed E-state index contributed by atoms with van der Waals surface area (Å²) in [6.07, 6.45) is 0. The third-order valence-corrected chi connectivity index (χ3v) is 3.16. The molecule has 0 aliphatic rings. The van der Waals surface area contributed by atoms with Crippen LogP contribution < -0.4 is 14.8 Å². The second-order valence-electron chi connectivity index (χ2n) is 4.76. The predicted octanol–water partition coefficient (Wildman–Crippen LogP) is 1.75. The third-order valence-electron chi connectivity index (χ3n) is 3.16. The maximum absolute atomic E-state index is 5.44. The fraction of sp³-hybridized carbons (Fsp3) is 0.562. The second-order valence-corrected chi connectivity index (χ2v) is 4.76. The van der Waals surface area contributed by atoms with Crippen molar-refractivity contribution < 1.29 is 14.2 Å². The van der Waals surface area contributed by atoms with Gasteiger partial charge in [0.25, 0.3) is 0 Å². The molecule has 0 unspecified atom stereocenters. The Morgan fingerprint density at radius 1 is 1.23 bits per heavy atom. The van der Waals surface area contributed by atoms with E-state index in [1.165, 1.54) is 0 Å². The molecule has 6 nitrogen and oxygen atoms in total. The summed E-state index contributed by atoms with van der Waals surface area (Å²) in [5.74, 6) is 2.43. The van der Waals surface area contributed by atoms with Crippen molar-refractivity contribution in [3.63, 3.8) is 0 Å². The van der Waals surface area contributed by atoms with Crippen LogP contribution in [-0.2, 0) is 11.3 Å². The van der Waals surface area contributed by atoms with Crippen LogP contribution in [0.2, 0.25) is 0 Å². The zero-order valence-corrected chi connectivity index (χ0v) is 14.2. The van der Waals surface area contributed by atoms with E-state index in [0.29, 0.717) is 19.7 Å². The normalized spacial score (nSPS) is 11.2. The third kappa shape index (κ3) is 5.44. The molecule has 1 N–H and O–H groups in total. The summed E-state index contributed by atoms with van der Waals surface area (Å²) in [6.45, 7) is 4.78. The molecule has 1 rings (SSSR count). The number of nitrogens with zero attached hydrogens (tertiary/aromatic N) is 2. The predicted molar refractivity (Wildman–Crippen MR) is 88.9 cm³/mol. The summed E-state index contributed by atoms with van der Waals surface area (Å²) in [7, 11) is 6.98. The minimum atomic E-state index is 0.606. The van der Waals surface area contributed by atoms with E-state index in [1.54, 1.807) is 21.3 Å². The van der Waals surface area contributed by atoms with Gasteiger partial charge in [0, 0.05) is 38.9 Å². The number of guanidine groups is 1. The topological polar surface area (TPSA) is 55.3 Å². The maximum Gasteiger partial charge on any atom is 0.194 e. The maximum atomic E-state index is 5.44. The number of hydrogen-bond acceptors (Lipinski definition) is 4. The highest BCUT2D eigenvalue weighted by Crippen LogP contribution is 2.25. The number of nitrogens with one attached hydrogen (secondary N) is 1. The van der Waals surface area contributed by atoms with Crippen molar-refractivity contribution in [1.82, 2.24) is 10.2 Å².